The molecule has 2 N–H and O–H groups in total. The van der Waals surface area contributed by atoms with Gasteiger partial charge in [-0.2, -0.15) is 5.26 Å². The van der Waals surface area contributed by atoms with Crippen LogP contribution < -0.4 is 4.74 Å². The molecule has 0 saturated carbocycles. The van der Waals surface area contributed by atoms with Gasteiger partial charge in [-0.1, -0.05) is 12.1 Å². The molecule has 0 aliphatic carbocycles. The highest BCUT2D eigenvalue weighted by Crippen LogP contribution is 2.28. The SMILES string of the molecule is CCOc1cc(C=C(C#N)c2nc3ccc(C)cc3[nH]2)ccc1O.Cl. The number of aromatic nitrogens is 2. The Labute approximate surface area is 152 Å². The summed E-state index contributed by atoms with van der Waals surface area (Å²) in [5, 5.41) is 19.3. The monoisotopic (exact) mass is 355 g/mol. The fourth-order valence-corrected chi connectivity index (χ4v) is 2.46. The van der Waals surface area contributed by atoms with Crippen LogP contribution in [0.3, 0.4) is 0 Å². The molecule has 0 spiro atoms. The first-order valence-electron chi connectivity index (χ1n) is 7.65. The quantitative estimate of drug-likeness (QED) is 0.677. The maximum atomic E-state index is 9.77. The Hall–Kier alpha value is -2.97. The Kier molecular flexibility index (Phi) is 5.68. The van der Waals surface area contributed by atoms with Crippen molar-refractivity contribution in [3.63, 3.8) is 0 Å². The Balaban J connectivity index is 0.00000225. The third-order valence-electron chi connectivity index (χ3n) is 3.61. The summed E-state index contributed by atoms with van der Waals surface area (Å²) in [6, 6.07) is 13.0. The molecule has 0 fully saturated rings. The molecule has 0 aliphatic heterocycles. The number of imidazole rings is 1. The molecule has 1 aromatic heterocycles. The largest absolute Gasteiger partial charge is 0.504 e. The van der Waals surface area contributed by atoms with E-state index in [0.717, 1.165) is 22.2 Å². The molecule has 2 aromatic carbocycles. The van der Waals surface area contributed by atoms with Gasteiger partial charge in [0.15, 0.2) is 11.5 Å². The van der Waals surface area contributed by atoms with Gasteiger partial charge in [0.2, 0.25) is 0 Å². The van der Waals surface area contributed by atoms with Crippen molar-refractivity contribution in [2.24, 2.45) is 0 Å². The van der Waals surface area contributed by atoms with Gasteiger partial charge in [0.1, 0.15) is 11.9 Å². The van der Waals surface area contributed by atoms with Gasteiger partial charge in [-0.25, -0.2) is 4.98 Å². The molecule has 3 rings (SSSR count). The van der Waals surface area contributed by atoms with Crippen molar-refractivity contribution < 1.29 is 9.84 Å². The van der Waals surface area contributed by atoms with E-state index in [4.69, 9.17) is 4.74 Å². The zero-order chi connectivity index (χ0) is 17.1. The molecule has 0 radical (unpaired) electrons. The molecule has 25 heavy (non-hydrogen) atoms. The number of hydrogen-bond donors (Lipinski definition) is 2. The first-order valence-corrected chi connectivity index (χ1v) is 7.65. The van der Waals surface area contributed by atoms with Crippen LogP contribution in [0.25, 0.3) is 22.7 Å². The van der Waals surface area contributed by atoms with E-state index in [2.05, 4.69) is 16.0 Å². The zero-order valence-corrected chi connectivity index (χ0v) is 14.7. The van der Waals surface area contributed by atoms with E-state index in [0.29, 0.717) is 23.8 Å². The molecule has 0 atom stereocenters. The number of H-pyrrole nitrogens is 1. The number of ether oxygens (including phenoxy) is 1. The summed E-state index contributed by atoms with van der Waals surface area (Å²) in [7, 11) is 0. The number of phenols is 1. The first-order chi connectivity index (χ1) is 11.6. The fraction of sp³-hybridized carbons (Fsp3) is 0.158. The van der Waals surface area contributed by atoms with Gasteiger partial charge < -0.3 is 14.8 Å². The molecule has 6 heteroatoms. The predicted molar refractivity (Wildman–Crippen MR) is 101 cm³/mol. The van der Waals surface area contributed by atoms with Crippen molar-refractivity contribution in [2.75, 3.05) is 6.61 Å². The van der Waals surface area contributed by atoms with Crippen LogP contribution >= 0.6 is 12.4 Å². The van der Waals surface area contributed by atoms with E-state index >= 15 is 0 Å². The molecule has 128 valence electrons. The number of allylic oxidation sites excluding steroid dienone is 1. The summed E-state index contributed by atoms with van der Waals surface area (Å²) in [6.45, 7) is 4.31. The highest BCUT2D eigenvalue weighted by molar-refractivity contribution is 5.90. The number of nitrogens with one attached hydrogen (secondary N) is 1. The molecular formula is C19H18ClN3O2. The normalized spacial score (nSPS) is 11.0. The molecule has 5 nitrogen and oxygen atoms in total. The summed E-state index contributed by atoms with van der Waals surface area (Å²) in [5.41, 5.74) is 4.01. The lowest BCUT2D eigenvalue weighted by Crippen LogP contribution is -1.92. The number of nitrogens with zero attached hydrogens (tertiary/aromatic N) is 2. The number of hydrogen-bond acceptors (Lipinski definition) is 4. The van der Waals surface area contributed by atoms with Gasteiger partial charge in [0, 0.05) is 0 Å². The standard InChI is InChI=1S/C19H17N3O2.ClH/c1-3-24-18-10-13(5-7-17(18)23)9-14(11-20)19-21-15-6-4-12(2)8-16(15)22-19;/h4-10,23H,3H2,1-2H3,(H,21,22);1H. The van der Waals surface area contributed by atoms with E-state index in [1.807, 2.05) is 32.0 Å². The van der Waals surface area contributed by atoms with E-state index < -0.39 is 0 Å². The highest BCUT2D eigenvalue weighted by Gasteiger charge is 2.09. The van der Waals surface area contributed by atoms with Crippen LogP contribution in [0.5, 0.6) is 11.5 Å². The predicted octanol–water partition coefficient (Wildman–Crippen LogP) is 4.46. The van der Waals surface area contributed by atoms with E-state index in [1.54, 1.807) is 24.3 Å². The second-order valence-electron chi connectivity index (χ2n) is 5.44. The van der Waals surface area contributed by atoms with Gasteiger partial charge >= 0.3 is 0 Å². The number of phenolic OH excluding ortho intramolecular Hbond substituents is 1. The van der Waals surface area contributed by atoms with Crippen LogP contribution in [-0.4, -0.2) is 21.7 Å². The number of fused-ring (bicyclic) bond motifs is 1. The Bertz CT molecular complexity index is 970. The minimum absolute atomic E-state index is 0. The van der Waals surface area contributed by atoms with Crippen molar-refractivity contribution in [3.8, 4) is 17.6 Å². The van der Waals surface area contributed by atoms with Crippen molar-refractivity contribution in [2.45, 2.75) is 13.8 Å². The van der Waals surface area contributed by atoms with Crippen molar-refractivity contribution in [3.05, 3.63) is 53.3 Å². The van der Waals surface area contributed by atoms with Crippen molar-refractivity contribution in [1.82, 2.24) is 9.97 Å². The number of nitriles is 1. The third kappa shape index (κ3) is 3.93. The molecule has 0 amide bonds. The Morgan fingerprint density at radius 3 is 2.84 bits per heavy atom. The van der Waals surface area contributed by atoms with Gasteiger partial charge in [-0.3, -0.25) is 0 Å². The first kappa shape index (κ1) is 18.4. The van der Waals surface area contributed by atoms with Gasteiger partial charge in [-0.05, 0) is 55.3 Å². The van der Waals surface area contributed by atoms with E-state index in [-0.39, 0.29) is 18.2 Å². The topological polar surface area (TPSA) is 81.9 Å². The minimum Gasteiger partial charge on any atom is -0.504 e. The highest BCUT2D eigenvalue weighted by atomic mass is 35.5. The Morgan fingerprint density at radius 2 is 2.12 bits per heavy atom. The van der Waals surface area contributed by atoms with Crippen LogP contribution in [0.1, 0.15) is 23.9 Å². The summed E-state index contributed by atoms with van der Waals surface area (Å²) < 4.78 is 5.37. The summed E-state index contributed by atoms with van der Waals surface area (Å²) in [5.74, 6) is 0.986. The third-order valence-corrected chi connectivity index (χ3v) is 3.61. The lowest BCUT2D eigenvalue weighted by molar-refractivity contribution is 0.318. The maximum absolute atomic E-state index is 9.77. The molecular weight excluding hydrogens is 338 g/mol. The number of aromatic hydroxyl groups is 1. The van der Waals surface area contributed by atoms with E-state index in [9.17, 15) is 10.4 Å². The molecule has 3 aromatic rings. The number of aryl methyl sites for hydroxylation is 1. The second-order valence-corrected chi connectivity index (χ2v) is 5.44. The molecule has 1 heterocycles. The number of halogens is 1. The lowest BCUT2D eigenvalue weighted by Gasteiger charge is -2.06. The number of aromatic amines is 1. The molecule has 0 unspecified atom stereocenters. The van der Waals surface area contributed by atoms with Crippen LogP contribution in [0.2, 0.25) is 0 Å². The Morgan fingerprint density at radius 1 is 1.32 bits per heavy atom. The maximum Gasteiger partial charge on any atom is 0.161 e. The lowest BCUT2D eigenvalue weighted by atomic mass is 10.1. The van der Waals surface area contributed by atoms with Gasteiger partial charge in [0.05, 0.1) is 23.2 Å². The molecule has 0 bridgehead atoms. The van der Waals surface area contributed by atoms with Crippen LogP contribution in [0, 0.1) is 18.3 Å². The summed E-state index contributed by atoms with van der Waals surface area (Å²) in [6.07, 6.45) is 1.71. The number of benzene rings is 2. The summed E-state index contributed by atoms with van der Waals surface area (Å²) >= 11 is 0. The number of rotatable bonds is 4. The minimum atomic E-state index is 0. The zero-order valence-electron chi connectivity index (χ0n) is 13.9. The van der Waals surface area contributed by atoms with Crippen LogP contribution in [0.15, 0.2) is 36.4 Å². The van der Waals surface area contributed by atoms with E-state index in [1.165, 1.54) is 0 Å². The molecule has 0 aliphatic rings. The van der Waals surface area contributed by atoms with Crippen molar-refractivity contribution >= 4 is 35.1 Å². The van der Waals surface area contributed by atoms with Crippen LogP contribution in [-0.2, 0) is 0 Å². The van der Waals surface area contributed by atoms with Crippen molar-refractivity contribution in [1.29, 1.82) is 5.26 Å². The van der Waals surface area contributed by atoms with Gasteiger partial charge in [0.25, 0.3) is 0 Å². The smallest absolute Gasteiger partial charge is 0.161 e. The molecule has 0 saturated heterocycles. The average Bonchev–Trinajstić information content (AvgIpc) is 2.98. The average molecular weight is 356 g/mol. The fourth-order valence-electron chi connectivity index (χ4n) is 2.46. The van der Waals surface area contributed by atoms with Gasteiger partial charge in [-0.15, -0.1) is 12.4 Å². The van der Waals surface area contributed by atoms with Crippen LogP contribution in [0.4, 0.5) is 0 Å². The summed E-state index contributed by atoms with van der Waals surface area (Å²) in [4.78, 5) is 7.65. The second kappa shape index (κ2) is 7.73.